The number of amides is 1. The van der Waals surface area contributed by atoms with E-state index in [-0.39, 0.29) is 11.8 Å². The van der Waals surface area contributed by atoms with E-state index < -0.39 is 11.7 Å². The summed E-state index contributed by atoms with van der Waals surface area (Å²) < 4.78 is 26.7. The van der Waals surface area contributed by atoms with Crippen molar-refractivity contribution in [3.05, 3.63) is 77.6 Å². The Hall–Kier alpha value is -3.61. The third-order valence-corrected chi connectivity index (χ3v) is 4.11. The first-order valence-electron chi connectivity index (χ1n) is 8.19. The first-order chi connectivity index (χ1) is 13.0. The second-order valence-corrected chi connectivity index (χ2v) is 6.08. The molecule has 4 rings (SSSR count). The lowest BCUT2D eigenvalue weighted by Gasteiger charge is -2.08. The van der Waals surface area contributed by atoms with Crippen LogP contribution in [0.1, 0.15) is 16.1 Å². The zero-order chi connectivity index (χ0) is 19.0. The third-order valence-electron chi connectivity index (χ3n) is 4.11. The molecule has 0 fully saturated rings. The van der Waals surface area contributed by atoms with Gasteiger partial charge in [-0.1, -0.05) is 0 Å². The lowest BCUT2D eigenvalue weighted by molar-refractivity contribution is 0.102. The number of nitrogens with one attached hydrogen (secondary N) is 2. The smallest absolute Gasteiger partial charge is 0.258 e. The number of carbonyl (C=O) groups excluding carboxylic acids is 1. The van der Waals surface area contributed by atoms with Gasteiger partial charge in [-0.15, -0.1) is 0 Å². The number of aromatic nitrogens is 3. The van der Waals surface area contributed by atoms with E-state index in [1.54, 1.807) is 31.3 Å². The lowest BCUT2D eigenvalue weighted by Crippen LogP contribution is -2.14. The number of pyridine rings is 1. The minimum absolute atomic E-state index is 0.235. The number of anilines is 1. The molecular formula is C20H14F2N4O. The summed E-state index contributed by atoms with van der Waals surface area (Å²) >= 11 is 0. The molecule has 7 heteroatoms. The SMILES string of the molecule is Cc1cc(C(=O)Nc2ncc(-c3ccc(F)cc3)[nH]2)c2cc(F)ccc2n1. The fraction of sp³-hybridized carbons (Fsp3) is 0.0500. The Morgan fingerprint density at radius 2 is 1.78 bits per heavy atom. The summed E-state index contributed by atoms with van der Waals surface area (Å²) in [6.07, 6.45) is 1.54. The van der Waals surface area contributed by atoms with Crippen LogP contribution in [0, 0.1) is 18.6 Å². The standard InChI is InChI=1S/C20H14F2N4O/c1-11-8-16(15-9-14(22)6-7-17(15)24-11)19(27)26-20-23-10-18(25-20)12-2-4-13(21)5-3-12/h2-10H,1H3,(H2,23,25,26,27). The van der Waals surface area contributed by atoms with Crippen molar-refractivity contribution in [3.8, 4) is 11.3 Å². The van der Waals surface area contributed by atoms with Gasteiger partial charge in [-0.05, 0) is 61.0 Å². The Bertz CT molecular complexity index is 1150. The van der Waals surface area contributed by atoms with Crippen LogP contribution in [0.15, 0.2) is 54.7 Å². The molecule has 27 heavy (non-hydrogen) atoms. The molecule has 0 atom stereocenters. The Morgan fingerprint density at radius 1 is 1.04 bits per heavy atom. The number of aromatic amines is 1. The van der Waals surface area contributed by atoms with Crippen molar-refractivity contribution in [3.63, 3.8) is 0 Å². The summed E-state index contributed by atoms with van der Waals surface area (Å²) in [7, 11) is 0. The van der Waals surface area contributed by atoms with Gasteiger partial charge >= 0.3 is 0 Å². The van der Waals surface area contributed by atoms with E-state index in [4.69, 9.17) is 0 Å². The van der Waals surface area contributed by atoms with Gasteiger partial charge in [-0.25, -0.2) is 13.8 Å². The number of rotatable bonds is 3. The van der Waals surface area contributed by atoms with Crippen LogP contribution < -0.4 is 5.32 Å². The van der Waals surface area contributed by atoms with Crippen LogP contribution in [-0.2, 0) is 0 Å². The molecule has 0 unspecified atom stereocenters. The molecule has 5 nitrogen and oxygen atoms in total. The maximum atomic E-state index is 13.6. The van der Waals surface area contributed by atoms with E-state index >= 15 is 0 Å². The van der Waals surface area contributed by atoms with Crippen molar-refractivity contribution in [2.24, 2.45) is 0 Å². The number of halogens is 2. The summed E-state index contributed by atoms with van der Waals surface area (Å²) in [6, 6.07) is 11.6. The molecule has 0 saturated heterocycles. The Morgan fingerprint density at radius 3 is 2.56 bits per heavy atom. The summed E-state index contributed by atoms with van der Waals surface area (Å²) in [5.74, 6) is -0.979. The zero-order valence-corrected chi connectivity index (χ0v) is 14.3. The Labute approximate surface area is 153 Å². The van der Waals surface area contributed by atoms with Crippen molar-refractivity contribution >= 4 is 22.8 Å². The molecule has 0 aliphatic rings. The second kappa shape index (κ2) is 6.60. The zero-order valence-electron chi connectivity index (χ0n) is 14.3. The molecule has 0 aliphatic heterocycles. The Kier molecular flexibility index (Phi) is 4.12. The van der Waals surface area contributed by atoms with E-state index in [1.807, 2.05) is 0 Å². The molecule has 134 valence electrons. The number of nitrogens with zero attached hydrogens (tertiary/aromatic N) is 2. The fourth-order valence-electron chi connectivity index (χ4n) is 2.85. The van der Waals surface area contributed by atoms with Gasteiger partial charge in [0.25, 0.3) is 5.91 Å². The largest absolute Gasteiger partial charge is 0.324 e. The predicted molar refractivity (Wildman–Crippen MR) is 98.4 cm³/mol. The average molecular weight is 364 g/mol. The molecule has 4 aromatic rings. The number of imidazole rings is 1. The van der Waals surface area contributed by atoms with Gasteiger partial charge in [0, 0.05) is 11.1 Å². The highest BCUT2D eigenvalue weighted by Crippen LogP contribution is 2.22. The van der Waals surface area contributed by atoms with Crippen molar-refractivity contribution in [1.82, 2.24) is 15.0 Å². The highest BCUT2D eigenvalue weighted by Gasteiger charge is 2.15. The van der Waals surface area contributed by atoms with Crippen LogP contribution in [0.5, 0.6) is 0 Å². The number of benzene rings is 2. The summed E-state index contributed by atoms with van der Waals surface area (Å²) in [4.78, 5) is 24.1. The van der Waals surface area contributed by atoms with Gasteiger partial charge in [-0.2, -0.15) is 0 Å². The fourth-order valence-corrected chi connectivity index (χ4v) is 2.85. The maximum Gasteiger partial charge on any atom is 0.258 e. The average Bonchev–Trinajstić information content (AvgIpc) is 3.10. The van der Waals surface area contributed by atoms with E-state index in [1.165, 1.54) is 30.3 Å². The summed E-state index contributed by atoms with van der Waals surface area (Å²) in [6.45, 7) is 1.76. The van der Waals surface area contributed by atoms with Crippen molar-refractivity contribution in [2.75, 3.05) is 5.32 Å². The number of H-pyrrole nitrogens is 1. The van der Waals surface area contributed by atoms with Crippen LogP contribution in [-0.4, -0.2) is 20.9 Å². The van der Waals surface area contributed by atoms with E-state index in [9.17, 15) is 13.6 Å². The van der Waals surface area contributed by atoms with Gasteiger partial charge in [0.2, 0.25) is 5.95 Å². The second-order valence-electron chi connectivity index (χ2n) is 6.08. The van der Waals surface area contributed by atoms with E-state index in [0.29, 0.717) is 27.9 Å². The minimum Gasteiger partial charge on any atom is -0.324 e. The highest BCUT2D eigenvalue weighted by molar-refractivity contribution is 6.12. The summed E-state index contributed by atoms with van der Waals surface area (Å²) in [5.41, 5.74) is 2.85. The molecular weight excluding hydrogens is 350 g/mol. The number of hydrogen-bond donors (Lipinski definition) is 2. The predicted octanol–water partition coefficient (Wildman–Crippen LogP) is 4.46. The molecule has 2 aromatic carbocycles. The molecule has 2 aromatic heterocycles. The number of fused-ring (bicyclic) bond motifs is 1. The quantitative estimate of drug-likeness (QED) is 0.564. The van der Waals surface area contributed by atoms with Gasteiger partial charge in [-0.3, -0.25) is 15.1 Å². The minimum atomic E-state index is -0.446. The molecule has 0 radical (unpaired) electrons. The normalized spacial score (nSPS) is 10.9. The van der Waals surface area contributed by atoms with Gasteiger partial charge in [0.1, 0.15) is 11.6 Å². The molecule has 0 aliphatic carbocycles. The molecule has 2 heterocycles. The Balaban J connectivity index is 1.64. The van der Waals surface area contributed by atoms with Gasteiger partial charge in [0.15, 0.2) is 0 Å². The molecule has 1 amide bonds. The van der Waals surface area contributed by atoms with Crippen molar-refractivity contribution in [2.45, 2.75) is 6.92 Å². The van der Waals surface area contributed by atoms with Crippen molar-refractivity contribution in [1.29, 1.82) is 0 Å². The number of aryl methyl sites for hydroxylation is 1. The molecule has 2 N–H and O–H groups in total. The first-order valence-corrected chi connectivity index (χ1v) is 8.19. The van der Waals surface area contributed by atoms with E-state index in [0.717, 1.165) is 5.56 Å². The van der Waals surface area contributed by atoms with Gasteiger partial charge < -0.3 is 4.98 Å². The van der Waals surface area contributed by atoms with E-state index in [2.05, 4.69) is 20.3 Å². The number of hydrogen-bond acceptors (Lipinski definition) is 3. The van der Waals surface area contributed by atoms with Crippen LogP contribution in [0.4, 0.5) is 14.7 Å². The van der Waals surface area contributed by atoms with Crippen LogP contribution in [0.3, 0.4) is 0 Å². The first kappa shape index (κ1) is 16.8. The van der Waals surface area contributed by atoms with Crippen LogP contribution >= 0.6 is 0 Å². The molecule has 0 bridgehead atoms. The van der Waals surface area contributed by atoms with Gasteiger partial charge in [0.05, 0.1) is 23.0 Å². The lowest BCUT2D eigenvalue weighted by atomic mass is 10.1. The molecule has 0 spiro atoms. The summed E-state index contributed by atoms with van der Waals surface area (Å²) in [5, 5.41) is 3.09. The monoisotopic (exact) mass is 364 g/mol. The topological polar surface area (TPSA) is 70.7 Å². The molecule has 0 saturated carbocycles. The third kappa shape index (κ3) is 3.39. The highest BCUT2D eigenvalue weighted by atomic mass is 19.1. The van der Waals surface area contributed by atoms with Crippen LogP contribution in [0.2, 0.25) is 0 Å². The van der Waals surface area contributed by atoms with Crippen molar-refractivity contribution < 1.29 is 13.6 Å². The maximum absolute atomic E-state index is 13.6. The van der Waals surface area contributed by atoms with Crippen LogP contribution in [0.25, 0.3) is 22.2 Å². The number of carbonyl (C=O) groups is 1.